The van der Waals surface area contributed by atoms with Gasteiger partial charge in [-0.3, -0.25) is 0 Å². The van der Waals surface area contributed by atoms with E-state index in [4.69, 9.17) is 5.73 Å². The average molecular weight is 256 g/mol. The Morgan fingerprint density at radius 1 is 1.05 bits per heavy atom. The molecule has 0 unspecified atom stereocenters. The van der Waals surface area contributed by atoms with Gasteiger partial charge in [0.15, 0.2) is 0 Å². The maximum atomic E-state index is 13.7. The average Bonchev–Trinajstić information content (AvgIpc) is 2.82. The molecule has 2 aromatic carbocycles. The van der Waals surface area contributed by atoms with Crippen LogP contribution in [0.4, 0.5) is 10.1 Å². The van der Waals surface area contributed by atoms with Crippen molar-refractivity contribution < 1.29 is 4.39 Å². The van der Waals surface area contributed by atoms with Gasteiger partial charge in [0.05, 0.1) is 0 Å². The summed E-state index contributed by atoms with van der Waals surface area (Å²) in [5.74, 6) is -0.183. The predicted molar refractivity (Wildman–Crippen MR) is 75.5 cm³/mol. The van der Waals surface area contributed by atoms with Crippen LogP contribution in [0.15, 0.2) is 42.5 Å². The van der Waals surface area contributed by atoms with Crippen LogP contribution >= 0.6 is 0 Å². The van der Waals surface area contributed by atoms with E-state index >= 15 is 0 Å². The lowest BCUT2D eigenvalue weighted by molar-refractivity contribution is 0.624. The summed E-state index contributed by atoms with van der Waals surface area (Å²) < 4.78 is 13.7. The van der Waals surface area contributed by atoms with Crippen molar-refractivity contribution in [3.05, 3.63) is 65.0 Å². The number of hydrogen-bond donors (Lipinski definition) is 1. The van der Waals surface area contributed by atoms with Crippen LogP contribution in [0.2, 0.25) is 0 Å². The number of rotatable bonds is 3. The molecular weight excluding hydrogens is 239 g/mol. The molecular formula is C16H17FN2. The maximum absolute atomic E-state index is 13.7. The number of hydrogen-bond acceptors (Lipinski definition) is 2. The van der Waals surface area contributed by atoms with Crippen molar-refractivity contribution in [1.82, 2.24) is 0 Å². The summed E-state index contributed by atoms with van der Waals surface area (Å²) in [6, 6.07) is 13.6. The predicted octanol–water partition coefficient (Wildman–Crippen LogP) is 2.85. The molecule has 3 heteroatoms. The number of fused-ring (bicyclic) bond motifs is 1. The van der Waals surface area contributed by atoms with E-state index in [1.54, 1.807) is 12.1 Å². The SMILES string of the molecule is NCCc1cc(F)cc(N2Cc3ccccc3C2)c1. The molecule has 2 N–H and O–H groups in total. The first kappa shape index (κ1) is 12.2. The van der Waals surface area contributed by atoms with Crippen molar-refractivity contribution in [2.24, 2.45) is 5.73 Å². The van der Waals surface area contributed by atoms with Crippen molar-refractivity contribution in [1.29, 1.82) is 0 Å². The Morgan fingerprint density at radius 3 is 2.37 bits per heavy atom. The molecule has 0 saturated heterocycles. The van der Waals surface area contributed by atoms with Gasteiger partial charge < -0.3 is 10.6 Å². The highest BCUT2D eigenvalue weighted by Crippen LogP contribution is 2.29. The number of anilines is 1. The van der Waals surface area contributed by atoms with Crippen LogP contribution in [-0.2, 0) is 19.5 Å². The van der Waals surface area contributed by atoms with Gasteiger partial charge in [0, 0.05) is 18.8 Å². The largest absolute Gasteiger partial charge is 0.363 e. The summed E-state index contributed by atoms with van der Waals surface area (Å²) >= 11 is 0. The second kappa shape index (κ2) is 5.02. The molecule has 2 nitrogen and oxygen atoms in total. The third kappa shape index (κ3) is 2.47. The zero-order valence-electron chi connectivity index (χ0n) is 10.8. The van der Waals surface area contributed by atoms with Crippen LogP contribution < -0.4 is 10.6 Å². The van der Waals surface area contributed by atoms with Gasteiger partial charge in [-0.25, -0.2) is 4.39 Å². The van der Waals surface area contributed by atoms with Crippen LogP contribution in [0, 0.1) is 5.82 Å². The first-order chi connectivity index (χ1) is 9.26. The van der Waals surface area contributed by atoms with Crippen LogP contribution in [-0.4, -0.2) is 6.54 Å². The van der Waals surface area contributed by atoms with E-state index in [2.05, 4.69) is 17.0 Å². The fourth-order valence-electron chi connectivity index (χ4n) is 2.64. The topological polar surface area (TPSA) is 29.3 Å². The molecule has 1 aliphatic heterocycles. The zero-order valence-corrected chi connectivity index (χ0v) is 10.8. The van der Waals surface area contributed by atoms with E-state index in [9.17, 15) is 4.39 Å². The summed E-state index contributed by atoms with van der Waals surface area (Å²) in [5.41, 5.74) is 10.1. The Hall–Kier alpha value is -1.87. The molecule has 98 valence electrons. The minimum absolute atomic E-state index is 0.183. The fourth-order valence-corrected chi connectivity index (χ4v) is 2.64. The lowest BCUT2D eigenvalue weighted by Gasteiger charge is -2.19. The number of nitrogens with zero attached hydrogens (tertiary/aromatic N) is 1. The van der Waals surface area contributed by atoms with Gasteiger partial charge in [0.1, 0.15) is 5.82 Å². The molecule has 0 amide bonds. The highest BCUT2D eigenvalue weighted by atomic mass is 19.1. The lowest BCUT2D eigenvalue weighted by Crippen LogP contribution is -2.15. The van der Waals surface area contributed by atoms with Gasteiger partial charge >= 0.3 is 0 Å². The molecule has 0 fully saturated rings. The molecule has 0 aliphatic carbocycles. The van der Waals surface area contributed by atoms with Crippen LogP contribution in [0.5, 0.6) is 0 Å². The molecule has 0 saturated carbocycles. The molecule has 0 aromatic heterocycles. The zero-order chi connectivity index (χ0) is 13.2. The smallest absolute Gasteiger partial charge is 0.125 e. The van der Waals surface area contributed by atoms with E-state index in [1.165, 1.54) is 11.1 Å². The van der Waals surface area contributed by atoms with Crippen LogP contribution in [0.25, 0.3) is 0 Å². The van der Waals surface area contributed by atoms with Gasteiger partial charge in [-0.15, -0.1) is 0 Å². The molecule has 1 aliphatic rings. The van der Waals surface area contributed by atoms with Gasteiger partial charge in [-0.1, -0.05) is 24.3 Å². The van der Waals surface area contributed by atoms with Crippen LogP contribution in [0.1, 0.15) is 16.7 Å². The molecule has 19 heavy (non-hydrogen) atoms. The van der Waals surface area contributed by atoms with Gasteiger partial charge in [0.2, 0.25) is 0 Å². The third-order valence-electron chi connectivity index (χ3n) is 3.58. The first-order valence-corrected chi connectivity index (χ1v) is 6.57. The number of nitrogens with two attached hydrogens (primary N) is 1. The van der Waals surface area contributed by atoms with E-state index in [0.717, 1.165) is 24.3 Å². The maximum Gasteiger partial charge on any atom is 0.125 e. The molecule has 0 radical (unpaired) electrons. The van der Waals surface area contributed by atoms with Crippen molar-refractivity contribution in [2.75, 3.05) is 11.4 Å². The normalized spacial score (nSPS) is 13.7. The quantitative estimate of drug-likeness (QED) is 0.915. The molecule has 0 atom stereocenters. The highest BCUT2D eigenvalue weighted by molar-refractivity contribution is 5.53. The molecule has 0 bridgehead atoms. The minimum atomic E-state index is -0.183. The Labute approximate surface area is 112 Å². The molecule has 1 heterocycles. The van der Waals surface area contributed by atoms with Gasteiger partial charge in [0.25, 0.3) is 0 Å². The number of halogens is 1. The fraction of sp³-hybridized carbons (Fsp3) is 0.250. The summed E-state index contributed by atoms with van der Waals surface area (Å²) in [6.07, 6.45) is 0.714. The highest BCUT2D eigenvalue weighted by Gasteiger charge is 2.19. The summed E-state index contributed by atoms with van der Waals surface area (Å²) in [4.78, 5) is 2.20. The third-order valence-corrected chi connectivity index (χ3v) is 3.58. The van der Waals surface area contributed by atoms with E-state index < -0.39 is 0 Å². The van der Waals surface area contributed by atoms with Crippen molar-refractivity contribution >= 4 is 5.69 Å². The Kier molecular flexibility index (Phi) is 3.22. The summed E-state index contributed by atoms with van der Waals surface area (Å²) in [6.45, 7) is 2.24. The summed E-state index contributed by atoms with van der Waals surface area (Å²) in [5, 5.41) is 0. The second-order valence-corrected chi connectivity index (χ2v) is 4.98. The van der Waals surface area contributed by atoms with Crippen molar-refractivity contribution in [3.63, 3.8) is 0 Å². The molecule has 3 rings (SSSR count). The lowest BCUT2D eigenvalue weighted by atomic mass is 10.1. The van der Waals surface area contributed by atoms with E-state index in [-0.39, 0.29) is 5.82 Å². The van der Waals surface area contributed by atoms with Gasteiger partial charge in [-0.2, -0.15) is 0 Å². The first-order valence-electron chi connectivity index (χ1n) is 6.57. The standard InChI is InChI=1S/C16H17FN2/c17-15-7-12(5-6-18)8-16(9-15)19-10-13-3-1-2-4-14(13)11-19/h1-4,7-9H,5-6,10-11,18H2. The molecule has 0 spiro atoms. The van der Waals surface area contributed by atoms with Crippen molar-refractivity contribution in [2.45, 2.75) is 19.5 Å². The molecule has 2 aromatic rings. The monoisotopic (exact) mass is 256 g/mol. The van der Waals surface area contributed by atoms with E-state index in [1.807, 2.05) is 18.2 Å². The number of benzene rings is 2. The Morgan fingerprint density at radius 2 is 1.74 bits per heavy atom. The van der Waals surface area contributed by atoms with Gasteiger partial charge in [-0.05, 0) is 47.9 Å². The second-order valence-electron chi connectivity index (χ2n) is 4.98. The minimum Gasteiger partial charge on any atom is -0.363 e. The Balaban J connectivity index is 1.88. The van der Waals surface area contributed by atoms with Crippen molar-refractivity contribution in [3.8, 4) is 0 Å². The van der Waals surface area contributed by atoms with Crippen LogP contribution in [0.3, 0.4) is 0 Å². The Bertz CT molecular complexity index is 570. The van der Waals surface area contributed by atoms with E-state index in [0.29, 0.717) is 13.0 Å². The summed E-state index contributed by atoms with van der Waals surface area (Å²) in [7, 11) is 0.